The van der Waals surface area contributed by atoms with Crippen LogP contribution in [0.25, 0.3) is 11.0 Å². The molecule has 0 atom stereocenters. The van der Waals surface area contributed by atoms with E-state index >= 15 is 0 Å². The number of hydrogen-bond donors (Lipinski definition) is 0. The molecule has 0 aliphatic heterocycles. The Morgan fingerprint density at radius 3 is 1.36 bits per heavy atom. The molecule has 0 fully saturated rings. The lowest BCUT2D eigenvalue weighted by atomic mass is 10.2. The summed E-state index contributed by atoms with van der Waals surface area (Å²) in [6, 6.07) is 22.5. The summed E-state index contributed by atoms with van der Waals surface area (Å²) in [5.41, 5.74) is 4.90. The predicted molar refractivity (Wildman–Crippen MR) is 163 cm³/mol. The quantitative estimate of drug-likeness (QED) is 0.223. The Morgan fingerprint density at radius 2 is 1.05 bits per heavy atom. The predicted octanol–water partition coefficient (Wildman–Crippen LogP) is 6.67. The Hall–Kier alpha value is -4.39. The highest BCUT2D eigenvalue weighted by molar-refractivity contribution is 5.75. The maximum Gasteiger partial charge on any atom is 0.106 e. The van der Waals surface area contributed by atoms with E-state index in [0.29, 0.717) is 0 Å². The molecule has 6 rings (SSSR count). The van der Waals surface area contributed by atoms with Crippen LogP contribution < -0.4 is 0 Å². The smallest absolute Gasteiger partial charge is 0.106 e. The van der Waals surface area contributed by atoms with Gasteiger partial charge in [-0.25, -0.2) is 15.0 Å². The molecule has 0 amide bonds. The van der Waals surface area contributed by atoms with Gasteiger partial charge in [-0.15, -0.1) is 0 Å². The third-order valence-electron chi connectivity index (χ3n) is 6.28. The summed E-state index contributed by atoms with van der Waals surface area (Å²) in [4.78, 5) is 12.3. The number of nitrogens with zero attached hydrogens (tertiary/aromatic N) is 7. The Kier molecular flexibility index (Phi) is 12.5. The number of fused-ring (bicyclic) bond motifs is 1. The second-order valence-corrected chi connectivity index (χ2v) is 9.29. The van der Waals surface area contributed by atoms with E-state index < -0.39 is 0 Å². The average Bonchev–Trinajstić information content (AvgIpc) is 3.68. The van der Waals surface area contributed by atoms with Gasteiger partial charge in [0.2, 0.25) is 0 Å². The molecule has 7 heteroatoms. The van der Waals surface area contributed by atoms with Crippen LogP contribution in [0.15, 0.2) is 97.7 Å². The van der Waals surface area contributed by atoms with Crippen molar-refractivity contribution in [3.8, 4) is 0 Å². The molecule has 0 spiro atoms. The normalized spacial score (nSPS) is 9.67. The number of benzene rings is 2. The zero-order valence-corrected chi connectivity index (χ0v) is 24.9. The maximum atomic E-state index is 4.38. The average molecular weight is 526 g/mol. The van der Waals surface area contributed by atoms with Crippen molar-refractivity contribution in [3.05, 3.63) is 126 Å². The van der Waals surface area contributed by atoms with Crippen LogP contribution in [0.4, 0.5) is 0 Å². The number of hydrogen-bond acceptors (Lipinski definition) is 3. The SMILES string of the molecule is Cc1ccccc1.Cc1cccn1C.Cc1nc2ccccc2n1C.Cc1nccn1C.Cc1nccn1C. The first kappa shape index (κ1) is 30.8. The highest BCUT2D eigenvalue weighted by atomic mass is 15.0. The molecule has 0 N–H and O–H groups in total. The second-order valence-electron chi connectivity index (χ2n) is 9.29. The van der Waals surface area contributed by atoms with Gasteiger partial charge in [0, 0.05) is 64.9 Å². The van der Waals surface area contributed by atoms with Gasteiger partial charge in [0.05, 0.1) is 11.0 Å². The molecule has 0 radical (unpaired) electrons. The minimum absolute atomic E-state index is 1.06. The summed E-state index contributed by atoms with van der Waals surface area (Å²) in [5.74, 6) is 3.17. The summed E-state index contributed by atoms with van der Waals surface area (Å²) >= 11 is 0. The van der Waals surface area contributed by atoms with Crippen LogP contribution in [0.2, 0.25) is 0 Å². The van der Waals surface area contributed by atoms with E-state index in [2.05, 4.69) is 62.2 Å². The minimum atomic E-state index is 1.06. The van der Waals surface area contributed by atoms with Crippen molar-refractivity contribution in [2.45, 2.75) is 34.6 Å². The van der Waals surface area contributed by atoms with Gasteiger partial charge in [0.1, 0.15) is 17.5 Å². The van der Waals surface area contributed by atoms with Crippen molar-refractivity contribution in [3.63, 3.8) is 0 Å². The molecule has 0 saturated carbocycles. The molecule has 2 aromatic carbocycles. The van der Waals surface area contributed by atoms with Gasteiger partial charge >= 0.3 is 0 Å². The standard InChI is InChI=1S/C9H10N2.C7H8.C6H9N.2C5H8N2/c1-7-10-8-5-3-4-6-9(8)11(7)2;1-7-5-3-2-4-6-7;1-6-4-3-5-7(6)2;2*1-5-6-3-4-7(5)2/h3-6H,1-2H3;2-6H,1H3;3-5H,1-2H3;2*3-4H,1-2H3. The number of aryl methyl sites for hydroxylation is 9. The van der Waals surface area contributed by atoms with E-state index in [1.165, 1.54) is 16.8 Å². The van der Waals surface area contributed by atoms with Gasteiger partial charge in [-0.05, 0) is 58.9 Å². The molecule has 4 aromatic heterocycles. The zero-order valence-electron chi connectivity index (χ0n) is 24.9. The van der Waals surface area contributed by atoms with Crippen molar-refractivity contribution in [2.75, 3.05) is 0 Å². The van der Waals surface area contributed by atoms with Crippen LogP contribution in [0.3, 0.4) is 0 Å². The fourth-order valence-corrected chi connectivity index (χ4v) is 3.23. The lowest BCUT2D eigenvalue weighted by Gasteiger charge is -1.93. The van der Waals surface area contributed by atoms with Crippen molar-refractivity contribution in [2.24, 2.45) is 28.2 Å². The molecule has 0 aliphatic carbocycles. The van der Waals surface area contributed by atoms with Crippen LogP contribution in [0, 0.1) is 34.6 Å². The first-order valence-corrected chi connectivity index (χ1v) is 13.0. The number of imidazole rings is 3. The summed E-state index contributed by atoms with van der Waals surface area (Å²) in [7, 11) is 8.02. The second kappa shape index (κ2) is 15.8. The highest BCUT2D eigenvalue weighted by Gasteiger charge is 2.00. The third-order valence-corrected chi connectivity index (χ3v) is 6.28. The van der Waals surface area contributed by atoms with E-state index in [4.69, 9.17) is 0 Å². The fourth-order valence-electron chi connectivity index (χ4n) is 3.23. The summed E-state index contributed by atoms with van der Waals surface area (Å²) < 4.78 is 8.12. The van der Waals surface area contributed by atoms with Crippen LogP contribution in [-0.2, 0) is 28.2 Å². The topological polar surface area (TPSA) is 58.4 Å². The molecule has 7 nitrogen and oxygen atoms in total. The van der Waals surface area contributed by atoms with Gasteiger partial charge in [-0.2, -0.15) is 0 Å². The van der Waals surface area contributed by atoms with Crippen molar-refractivity contribution in [1.29, 1.82) is 0 Å². The van der Waals surface area contributed by atoms with E-state index in [1.807, 2.05) is 119 Å². The fraction of sp³-hybridized carbons (Fsp3) is 0.281. The lowest BCUT2D eigenvalue weighted by Crippen LogP contribution is -1.89. The van der Waals surface area contributed by atoms with Gasteiger partial charge in [-0.3, -0.25) is 0 Å². The van der Waals surface area contributed by atoms with Crippen LogP contribution in [-0.4, -0.2) is 33.2 Å². The van der Waals surface area contributed by atoms with Crippen LogP contribution >= 0.6 is 0 Å². The Bertz CT molecular complexity index is 1360. The largest absolute Gasteiger partial charge is 0.355 e. The van der Waals surface area contributed by atoms with Gasteiger partial charge < -0.3 is 18.3 Å². The number of aromatic nitrogens is 7. The van der Waals surface area contributed by atoms with E-state index in [9.17, 15) is 0 Å². The molecular weight excluding hydrogens is 482 g/mol. The van der Waals surface area contributed by atoms with Crippen LogP contribution in [0.5, 0.6) is 0 Å². The van der Waals surface area contributed by atoms with E-state index in [-0.39, 0.29) is 0 Å². The van der Waals surface area contributed by atoms with Crippen LogP contribution in [0.1, 0.15) is 28.7 Å². The molecule has 0 bridgehead atoms. The van der Waals surface area contributed by atoms with Crippen molar-refractivity contribution in [1.82, 2.24) is 33.2 Å². The Labute approximate surface area is 233 Å². The third kappa shape index (κ3) is 10.5. The van der Waals surface area contributed by atoms with E-state index in [0.717, 1.165) is 23.0 Å². The molecule has 39 heavy (non-hydrogen) atoms. The first-order valence-electron chi connectivity index (χ1n) is 13.0. The minimum Gasteiger partial charge on any atom is -0.355 e. The monoisotopic (exact) mass is 525 g/mol. The van der Waals surface area contributed by atoms with Crippen molar-refractivity contribution >= 4 is 11.0 Å². The molecule has 0 unspecified atom stereocenters. The van der Waals surface area contributed by atoms with Crippen molar-refractivity contribution < 1.29 is 0 Å². The van der Waals surface area contributed by atoms with Gasteiger partial charge in [0.25, 0.3) is 0 Å². The van der Waals surface area contributed by atoms with Gasteiger partial charge in [-0.1, -0.05) is 48.0 Å². The summed E-state index contributed by atoms with van der Waals surface area (Å²) in [6.45, 7) is 10.1. The molecular formula is C32H43N7. The zero-order chi connectivity index (χ0) is 28.8. The Balaban J connectivity index is 0.000000174. The number of para-hydroxylation sites is 2. The lowest BCUT2D eigenvalue weighted by molar-refractivity contribution is 0.858. The molecule has 4 heterocycles. The summed E-state index contributed by atoms with van der Waals surface area (Å²) in [5, 5.41) is 0. The molecule has 206 valence electrons. The molecule has 6 aromatic rings. The molecule has 0 aliphatic rings. The van der Waals surface area contributed by atoms with E-state index in [1.54, 1.807) is 12.4 Å². The highest BCUT2D eigenvalue weighted by Crippen LogP contribution is 2.12. The maximum absolute atomic E-state index is 4.38. The summed E-state index contributed by atoms with van der Waals surface area (Å²) in [6.07, 6.45) is 9.46. The first-order chi connectivity index (χ1) is 18.6. The number of rotatable bonds is 0. The Morgan fingerprint density at radius 1 is 0.513 bits per heavy atom. The molecule has 0 saturated heterocycles. The van der Waals surface area contributed by atoms with Gasteiger partial charge in [0.15, 0.2) is 0 Å².